The Morgan fingerprint density at radius 2 is 2.33 bits per heavy atom. The summed E-state index contributed by atoms with van der Waals surface area (Å²) in [6, 6.07) is 3.78. The van der Waals surface area contributed by atoms with Gasteiger partial charge in [-0.2, -0.15) is 5.26 Å². The Labute approximate surface area is 88.5 Å². The van der Waals surface area contributed by atoms with Crippen LogP contribution in [0.1, 0.15) is 23.5 Å². The first-order valence-electron chi connectivity index (χ1n) is 4.67. The molecule has 0 amide bonds. The van der Waals surface area contributed by atoms with Gasteiger partial charge in [0, 0.05) is 18.3 Å². The van der Waals surface area contributed by atoms with E-state index in [9.17, 15) is 8.42 Å². The number of pyridine rings is 1. The molecule has 2 heterocycles. The fourth-order valence-corrected chi connectivity index (χ4v) is 3.66. The van der Waals surface area contributed by atoms with Crippen molar-refractivity contribution in [1.29, 1.82) is 5.26 Å². The summed E-state index contributed by atoms with van der Waals surface area (Å²) in [6.07, 6.45) is 3.70. The van der Waals surface area contributed by atoms with Crippen molar-refractivity contribution in [2.45, 2.75) is 12.3 Å². The number of rotatable bonds is 1. The number of hydrogen-bond donors (Lipinski definition) is 0. The van der Waals surface area contributed by atoms with Crippen molar-refractivity contribution in [1.82, 2.24) is 4.98 Å². The molecule has 1 aromatic rings. The quantitative estimate of drug-likeness (QED) is 0.706. The summed E-state index contributed by atoms with van der Waals surface area (Å²) >= 11 is 0. The molecule has 0 aliphatic carbocycles. The molecule has 0 N–H and O–H groups in total. The van der Waals surface area contributed by atoms with Crippen LogP contribution in [0.2, 0.25) is 0 Å². The Hall–Kier alpha value is -1.41. The van der Waals surface area contributed by atoms with Crippen molar-refractivity contribution in [2.24, 2.45) is 0 Å². The largest absolute Gasteiger partial charge is 0.263 e. The smallest absolute Gasteiger partial charge is 0.150 e. The fourth-order valence-electron chi connectivity index (χ4n) is 1.89. The molecular weight excluding hydrogens is 212 g/mol. The number of nitrogens with zero attached hydrogens (tertiary/aromatic N) is 2. The highest BCUT2D eigenvalue weighted by atomic mass is 32.2. The monoisotopic (exact) mass is 222 g/mol. The molecule has 5 heteroatoms. The maximum atomic E-state index is 11.3. The predicted molar refractivity (Wildman–Crippen MR) is 55.0 cm³/mol. The lowest BCUT2D eigenvalue weighted by molar-refractivity contribution is 0.601. The minimum Gasteiger partial charge on any atom is -0.263 e. The molecule has 1 aliphatic rings. The van der Waals surface area contributed by atoms with Crippen LogP contribution in [0, 0.1) is 11.3 Å². The maximum absolute atomic E-state index is 11.3. The van der Waals surface area contributed by atoms with Crippen LogP contribution in [0.25, 0.3) is 0 Å². The minimum absolute atomic E-state index is 0.0346. The average Bonchev–Trinajstić information content (AvgIpc) is 2.59. The Morgan fingerprint density at radius 3 is 2.93 bits per heavy atom. The second-order valence-corrected chi connectivity index (χ2v) is 5.90. The zero-order valence-electron chi connectivity index (χ0n) is 8.05. The van der Waals surface area contributed by atoms with Crippen molar-refractivity contribution in [3.05, 3.63) is 29.6 Å². The average molecular weight is 222 g/mol. The Bertz CT molecular complexity index is 516. The van der Waals surface area contributed by atoms with Gasteiger partial charge in [0.15, 0.2) is 9.84 Å². The molecule has 78 valence electrons. The van der Waals surface area contributed by atoms with Crippen LogP contribution in [0.3, 0.4) is 0 Å². The van der Waals surface area contributed by atoms with Gasteiger partial charge in [0.2, 0.25) is 0 Å². The van der Waals surface area contributed by atoms with E-state index in [4.69, 9.17) is 5.26 Å². The number of hydrogen-bond acceptors (Lipinski definition) is 4. The van der Waals surface area contributed by atoms with Crippen LogP contribution in [0.4, 0.5) is 0 Å². The Morgan fingerprint density at radius 1 is 1.53 bits per heavy atom. The number of sulfone groups is 1. The molecule has 4 nitrogen and oxygen atoms in total. The molecule has 0 aromatic carbocycles. The molecule has 0 radical (unpaired) electrons. The molecule has 15 heavy (non-hydrogen) atoms. The Kier molecular flexibility index (Phi) is 2.45. The highest BCUT2D eigenvalue weighted by Gasteiger charge is 2.30. The number of nitriles is 1. The van der Waals surface area contributed by atoms with E-state index in [2.05, 4.69) is 4.98 Å². The van der Waals surface area contributed by atoms with Crippen LogP contribution in [-0.4, -0.2) is 24.9 Å². The molecule has 1 saturated heterocycles. The van der Waals surface area contributed by atoms with E-state index in [0.29, 0.717) is 12.0 Å². The summed E-state index contributed by atoms with van der Waals surface area (Å²) in [5, 5.41) is 8.87. The molecule has 1 aromatic heterocycles. The molecule has 0 spiro atoms. The topological polar surface area (TPSA) is 70.8 Å². The maximum Gasteiger partial charge on any atom is 0.150 e. The summed E-state index contributed by atoms with van der Waals surface area (Å²) in [5.74, 6) is 0.351. The van der Waals surface area contributed by atoms with Crippen LogP contribution >= 0.6 is 0 Å². The van der Waals surface area contributed by atoms with Crippen molar-refractivity contribution < 1.29 is 8.42 Å². The third kappa shape index (κ3) is 2.00. The van der Waals surface area contributed by atoms with Crippen molar-refractivity contribution in [3.63, 3.8) is 0 Å². The molecule has 1 atom stereocenters. The lowest BCUT2D eigenvalue weighted by Gasteiger charge is -2.08. The lowest BCUT2D eigenvalue weighted by atomic mass is 9.96. The van der Waals surface area contributed by atoms with E-state index in [0.717, 1.165) is 5.56 Å². The van der Waals surface area contributed by atoms with Crippen molar-refractivity contribution >= 4 is 9.84 Å². The van der Waals surface area contributed by atoms with Crippen LogP contribution < -0.4 is 0 Å². The molecule has 1 fully saturated rings. The van der Waals surface area contributed by atoms with E-state index in [-0.39, 0.29) is 17.4 Å². The second kappa shape index (κ2) is 3.63. The van der Waals surface area contributed by atoms with Gasteiger partial charge in [0.05, 0.1) is 17.1 Å². The molecular formula is C10H10N2O2S. The van der Waals surface area contributed by atoms with Crippen LogP contribution in [0.15, 0.2) is 18.5 Å². The summed E-state index contributed by atoms with van der Waals surface area (Å²) in [6.45, 7) is 0. The van der Waals surface area contributed by atoms with E-state index in [1.807, 2.05) is 6.07 Å². The van der Waals surface area contributed by atoms with Gasteiger partial charge in [0.25, 0.3) is 0 Å². The fraction of sp³-hybridized carbons (Fsp3) is 0.400. The first-order valence-corrected chi connectivity index (χ1v) is 6.49. The second-order valence-electron chi connectivity index (χ2n) is 3.67. The summed E-state index contributed by atoms with van der Waals surface area (Å²) in [5.41, 5.74) is 1.30. The summed E-state index contributed by atoms with van der Waals surface area (Å²) in [4.78, 5) is 3.85. The van der Waals surface area contributed by atoms with Crippen molar-refractivity contribution in [2.75, 3.05) is 11.5 Å². The zero-order valence-corrected chi connectivity index (χ0v) is 8.87. The lowest BCUT2D eigenvalue weighted by Crippen LogP contribution is -2.05. The molecule has 2 rings (SSSR count). The van der Waals surface area contributed by atoms with Gasteiger partial charge in [-0.1, -0.05) is 0 Å². The van der Waals surface area contributed by atoms with Gasteiger partial charge in [-0.15, -0.1) is 0 Å². The van der Waals surface area contributed by atoms with E-state index < -0.39 is 9.84 Å². The van der Waals surface area contributed by atoms with Gasteiger partial charge < -0.3 is 0 Å². The third-order valence-corrected chi connectivity index (χ3v) is 4.42. The number of aromatic nitrogens is 1. The molecule has 1 aliphatic heterocycles. The predicted octanol–water partition coefficient (Wildman–Crippen LogP) is 0.855. The minimum atomic E-state index is -2.90. The molecule has 0 saturated carbocycles. The van der Waals surface area contributed by atoms with Crippen LogP contribution in [0.5, 0.6) is 0 Å². The molecule has 1 unspecified atom stereocenters. The molecule has 0 bridgehead atoms. The highest BCUT2D eigenvalue weighted by Crippen LogP contribution is 2.30. The standard InChI is InChI=1S/C10H10N2O2S/c11-5-9-6-12-3-1-10(9)8-2-4-15(13,14)7-8/h1,3,6,8H,2,4,7H2. The normalized spacial score (nSPS) is 23.5. The van der Waals surface area contributed by atoms with Gasteiger partial charge >= 0.3 is 0 Å². The zero-order chi connectivity index (χ0) is 10.9. The van der Waals surface area contributed by atoms with Gasteiger partial charge in [0.1, 0.15) is 6.07 Å². The van der Waals surface area contributed by atoms with Gasteiger partial charge in [-0.3, -0.25) is 4.98 Å². The first-order chi connectivity index (χ1) is 7.12. The SMILES string of the molecule is N#Cc1cnccc1C1CCS(=O)(=O)C1. The van der Waals surface area contributed by atoms with Crippen molar-refractivity contribution in [3.8, 4) is 6.07 Å². The summed E-state index contributed by atoms with van der Waals surface area (Å²) in [7, 11) is -2.90. The van der Waals surface area contributed by atoms with E-state index >= 15 is 0 Å². The Balaban J connectivity index is 2.36. The van der Waals surface area contributed by atoms with Gasteiger partial charge in [-0.05, 0) is 18.1 Å². The van der Waals surface area contributed by atoms with Crippen LogP contribution in [-0.2, 0) is 9.84 Å². The van der Waals surface area contributed by atoms with E-state index in [1.54, 1.807) is 12.3 Å². The highest BCUT2D eigenvalue weighted by molar-refractivity contribution is 7.91. The van der Waals surface area contributed by atoms with Gasteiger partial charge in [-0.25, -0.2) is 8.42 Å². The first kappa shape index (κ1) is 10.1. The van der Waals surface area contributed by atoms with E-state index in [1.165, 1.54) is 6.20 Å². The third-order valence-electron chi connectivity index (χ3n) is 2.65. The summed E-state index contributed by atoms with van der Waals surface area (Å²) < 4.78 is 22.6.